The van der Waals surface area contributed by atoms with Crippen molar-refractivity contribution in [1.29, 1.82) is 0 Å². The minimum atomic E-state index is -0.0382. The molecule has 3 heteroatoms. The van der Waals surface area contributed by atoms with Crippen molar-refractivity contribution in [3.8, 4) is 0 Å². The number of morpholine rings is 1. The zero-order valence-corrected chi connectivity index (χ0v) is 12.0. The average molecular weight is 261 g/mol. The Morgan fingerprint density at radius 1 is 1.37 bits per heavy atom. The van der Waals surface area contributed by atoms with Crippen LogP contribution in [-0.4, -0.2) is 42.0 Å². The molecule has 3 unspecified atom stereocenters. The Morgan fingerprint density at radius 3 is 2.68 bits per heavy atom. The second kappa shape index (κ2) is 6.31. The smallest absolute Gasteiger partial charge is 0.179 e. The van der Waals surface area contributed by atoms with Gasteiger partial charge in [-0.05, 0) is 20.3 Å². The normalized spacial score (nSPS) is 26.1. The maximum Gasteiger partial charge on any atom is 0.179 e. The fraction of sp³-hybridized carbons (Fsp3) is 0.562. The molecule has 0 amide bonds. The van der Waals surface area contributed by atoms with Gasteiger partial charge in [-0.1, -0.05) is 37.3 Å². The summed E-state index contributed by atoms with van der Waals surface area (Å²) in [5.74, 6) is 0.226. The van der Waals surface area contributed by atoms with Crippen molar-refractivity contribution in [2.24, 2.45) is 0 Å². The quantitative estimate of drug-likeness (QED) is 0.781. The number of carbonyl (C=O) groups excluding carboxylic acids is 1. The van der Waals surface area contributed by atoms with E-state index in [-0.39, 0.29) is 17.9 Å². The van der Waals surface area contributed by atoms with Crippen molar-refractivity contribution in [3.63, 3.8) is 0 Å². The van der Waals surface area contributed by atoms with Crippen molar-refractivity contribution in [3.05, 3.63) is 35.9 Å². The molecule has 0 radical (unpaired) electrons. The van der Waals surface area contributed by atoms with Gasteiger partial charge in [0.15, 0.2) is 5.78 Å². The van der Waals surface area contributed by atoms with E-state index >= 15 is 0 Å². The molecule has 1 aliphatic heterocycles. The van der Waals surface area contributed by atoms with Crippen molar-refractivity contribution < 1.29 is 9.53 Å². The van der Waals surface area contributed by atoms with Gasteiger partial charge in [-0.25, -0.2) is 0 Å². The van der Waals surface area contributed by atoms with E-state index in [1.54, 1.807) is 0 Å². The summed E-state index contributed by atoms with van der Waals surface area (Å²) in [5, 5.41) is 0. The molecule has 1 fully saturated rings. The molecule has 0 N–H and O–H groups in total. The zero-order chi connectivity index (χ0) is 13.8. The highest BCUT2D eigenvalue weighted by molar-refractivity contribution is 6.00. The van der Waals surface area contributed by atoms with Gasteiger partial charge >= 0.3 is 0 Å². The summed E-state index contributed by atoms with van der Waals surface area (Å²) in [6.45, 7) is 7.82. The highest BCUT2D eigenvalue weighted by atomic mass is 16.5. The first-order valence-electron chi connectivity index (χ1n) is 7.10. The van der Waals surface area contributed by atoms with E-state index in [2.05, 4.69) is 25.7 Å². The monoisotopic (exact) mass is 261 g/mol. The van der Waals surface area contributed by atoms with Crippen LogP contribution in [0.2, 0.25) is 0 Å². The van der Waals surface area contributed by atoms with Gasteiger partial charge in [0.2, 0.25) is 0 Å². The Hall–Kier alpha value is -1.19. The number of benzene rings is 1. The van der Waals surface area contributed by atoms with Gasteiger partial charge in [0.25, 0.3) is 0 Å². The SMILES string of the molecule is CCC(C(=O)c1ccccc1)N1CC(C)OCC1C. The highest BCUT2D eigenvalue weighted by Gasteiger charge is 2.32. The van der Waals surface area contributed by atoms with Crippen LogP contribution >= 0.6 is 0 Å². The number of Topliss-reactive ketones (excluding diaryl/α,β-unsaturated/α-hetero) is 1. The topological polar surface area (TPSA) is 29.5 Å². The number of ketones is 1. The molecule has 0 spiro atoms. The predicted octanol–water partition coefficient (Wildman–Crippen LogP) is 2.76. The number of carbonyl (C=O) groups is 1. The molecule has 3 atom stereocenters. The summed E-state index contributed by atoms with van der Waals surface area (Å²) in [7, 11) is 0. The van der Waals surface area contributed by atoms with Crippen molar-refractivity contribution in [1.82, 2.24) is 4.90 Å². The first-order valence-corrected chi connectivity index (χ1v) is 7.10. The van der Waals surface area contributed by atoms with E-state index in [0.29, 0.717) is 12.6 Å². The third-order valence-electron chi connectivity index (χ3n) is 3.80. The van der Waals surface area contributed by atoms with Gasteiger partial charge in [-0.15, -0.1) is 0 Å². The summed E-state index contributed by atoms with van der Waals surface area (Å²) < 4.78 is 5.65. The number of nitrogens with zero attached hydrogens (tertiary/aromatic N) is 1. The first-order chi connectivity index (χ1) is 9.13. The van der Waals surface area contributed by atoms with E-state index in [1.807, 2.05) is 30.3 Å². The molecule has 2 rings (SSSR count). The number of ether oxygens (including phenoxy) is 1. The van der Waals surface area contributed by atoms with Crippen LogP contribution in [0.3, 0.4) is 0 Å². The van der Waals surface area contributed by atoms with Crippen LogP contribution in [0.15, 0.2) is 30.3 Å². The molecule has 0 saturated carbocycles. The number of rotatable bonds is 4. The lowest BCUT2D eigenvalue weighted by atomic mass is 9.98. The van der Waals surface area contributed by atoms with Crippen LogP contribution in [0.1, 0.15) is 37.6 Å². The fourth-order valence-electron chi connectivity index (χ4n) is 2.73. The molecule has 1 aromatic rings. The lowest BCUT2D eigenvalue weighted by Gasteiger charge is -2.41. The summed E-state index contributed by atoms with van der Waals surface area (Å²) in [6.07, 6.45) is 1.04. The lowest BCUT2D eigenvalue weighted by molar-refractivity contribution is -0.0612. The maximum absolute atomic E-state index is 12.6. The van der Waals surface area contributed by atoms with Crippen LogP contribution in [0, 0.1) is 0 Å². The standard InChI is InChI=1S/C16H23NO2/c1-4-15(16(18)14-8-6-5-7-9-14)17-10-13(3)19-11-12(17)2/h5-9,12-13,15H,4,10-11H2,1-3H3. The summed E-state index contributed by atoms with van der Waals surface area (Å²) >= 11 is 0. The molecule has 1 aromatic carbocycles. The molecule has 0 aromatic heterocycles. The third-order valence-corrected chi connectivity index (χ3v) is 3.80. The molecule has 0 aliphatic carbocycles. The van der Waals surface area contributed by atoms with Crippen molar-refractivity contribution in [2.45, 2.75) is 45.4 Å². The lowest BCUT2D eigenvalue weighted by Crippen LogP contribution is -2.54. The summed E-state index contributed by atoms with van der Waals surface area (Å²) in [4.78, 5) is 14.9. The molecule has 1 heterocycles. The van der Waals surface area contributed by atoms with Crippen LogP contribution < -0.4 is 0 Å². The maximum atomic E-state index is 12.6. The predicted molar refractivity (Wildman–Crippen MR) is 76.4 cm³/mol. The van der Waals surface area contributed by atoms with Crippen molar-refractivity contribution in [2.75, 3.05) is 13.2 Å². The van der Waals surface area contributed by atoms with Gasteiger partial charge in [0.05, 0.1) is 18.8 Å². The number of hydrogen-bond acceptors (Lipinski definition) is 3. The minimum Gasteiger partial charge on any atom is -0.376 e. The Bertz CT molecular complexity index is 418. The van der Waals surface area contributed by atoms with Gasteiger partial charge in [0, 0.05) is 18.2 Å². The second-order valence-corrected chi connectivity index (χ2v) is 5.34. The third kappa shape index (κ3) is 3.23. The van der Waals surface area contributed by atoms with Gasteiger partial charge in [0.1, 0.15) is 0 Å². The van der Waals surface area contributed by atoms with Crippen LogP contribution in [-0.2, 0) is 4.74 Å². The summed E-state index contributed by atoms with van der Waals surface area (Å²) in [5.41, 5.74) is 0.806. The van der Waals surface area contributed by atoms with Crippen LogP contribution in [0.4, 0.5) is 0 Å². The zero-order valence-electron chi connectivity index (χ0n) is 12.0. The van der Waals surface area contributed by atoms with E-state index in [9.17, 15) is 4.79 Å². The largest absolute Gasteiger partial charge is 0.376 e. The highest BCUT2D eigenvalue weighted by Crippen LogP contribution is 2.20. The Kier molecular flexibility index (Phi) is 4.72. The molecule has 0 bridgehead atoms. The van der Waals surface area contributed by atoms with Crippen LogP contribution in [0.5, 0.6) is 0 Å². The molecule has 1 saturated heterocycles. The molecule has 19 heavy (non-hydrogen) atoms. The van der Waals surface area contributed by atoms with E-state index in [4.69, 9.17) is 4.74 Å². The molecule has 1 aliphatic rings. The van der Waals surface area contributed by atoms with E-state index in [1.165, 1.54) is 0 Å². The van der Waals surface area contributed by atoms with Crippen LogP contribution in [0.25, 0.3) is 0 Å². The Labute approximate surface area is 115 Å². The molecular weight excluding hydrogens is 238 g/mol. The van der Waals surface area contributed by atoms with E-state index < -0.39 is 0 Å². The fourth-order valence-corrected chi connectivity index (χ4v) is 2.73. The Morgan fingerprint density at radius 2 is 2.05 bits per heavy atom. The summed E-state index contributed by atoms with van der Waals surface area (Å²) in [6, 6.07) is 9.85. The van der Waals surface area contributed by atoms with E-state index in [0.717, 1.165) is 18.5 Å². The Balaban J connectivity index is 2.17. The van der Waals surface area contributed by atoms with Gasteiger partial charge in [-0.3, -0.25) is 9.69 Å². The van der Waals surface area contributed by atoms with Gasteiger partial charge < -0.3 is 4.74 Å². The molecule has 3 nitrogen and oxygen atoms in total. The van der Waals surface area contributed by atoms with Crippen molar-refractivity contribution >= 4 is 5.78 Å². The minimum absolute atomic E-state index is 0.0382. The number of hydrogen-bond donors (Lipinski definition) is 0. The average Bonchev–Trinajstić information content (AvgIpc) is 2.44. The molecular formula is C16H23NO2. The molecule has 104 valence electrons. The van der Waals surface area contributed by atoms with Gasteiger partial charge in [-0.2, -0.15) is 0 Å². The first kappa shape index (κ1) is 14.2. The second-order valence-electron chi connectivity index (χ2n) is 5.34.